The molecule has 0 saturated heterocycles. The molecule has 0 unspecified atom stereocenters. The van der Waals surface area contributed by atoms with E-state index in [0.717, 1.165) is 5.75 Å². The monoisotopic (exact) mass is 262 g/mol. The van der Waals surface area contributed by atoms with Crippen molar-refractivity contribution in [3.63, 3.8) is 0 Å². The first-order valence-corrected chi connectivity index (χ1v) is 7.05. The van der Waals surface area contributed by atoms with Crippen LogP contribution in [-0.4, -0.2) is 41.1 Å². The van der Waals surface area contributed by atoms with Gasteiger partial charge in [-0.2, -0.15) is 11.8 Å². The Morgan fingerprint density at radius 1 is 1.41 bits per heavy atom. The maximum atomic E-state index is 11.6. The topological polar surface area (TPSA) is 92.4 Å². The standard InChI is InChI=1S/C11H22N2O3S/c1-7(2)6-9(11(15)16)13-10(14)8(12)4-5-17-3/h7-9H,4-6,12H2,1-3H3,(H,13,14)(H,15,16)/t8-,9-/m1/s1. The summed E-state index contributed by atoms with van der Waals surface area (Å²) in [6, 6.07) is -1.47. The highest BCUT2D eigenvalue weighted by molar-refractivity contribution is 7.98. The summed E-state index contributed by atoms with van der Waals surface area (Å²) >= 11 is 1.61. The predicted octanol–water partition coefficient (Wildman–Crippen LogP) is 0.682. The minimum Gasteiger partial charge on any atom is -0.480 e. The molecule has 0 aliphatic rings. The summed E-state index contributed by atoms with van der Waals surface area (Å²) in [5.74, 6) is -0.397. The summed E-state index contributed by atoms with van der Waals surface area (Å²) < 4.78 is 0. The van der Waals surface area contributed by atoms with Crippen molar-refractivity contribution in [1.29, 1.82) is 0 Å². The van der Waals surface area contributed by atoms with Crippen molar-refractivity contribution in [3.8, 4) is 0 Å². The van der Waals surface area contributed by atoms with Gasteiger partial charge in [-0.1, -0.05) is 13.8 Å². The van der Waals surface area contributed by atoms with E-state index in [2.05, 4.69) is 5.32 Å². The number of carbonyl (C=O) groups is 2. The molecule has 0 aromatic rings. The molecule has 6 heteroatoms. The van der Waals surface area contributed by atoms with Crippen LogP contribution in [0.5, 0.6) is 0 Å². The van der Waals surface area contributed by atoms with Crippen LogP contribution in [0.25, 0.3) is 0 Å². The van der Waals surface area contributed by atoms with Gasteiger partial charge in [0.15, 0.2) is 0 Å². The van der Waals surface area contributed by atoms with Gasteiger partial charge in [0.2, 0.25) is 5.91 Å². The van der Waals surface area contributed by atoms with Gasteiger partial charge in [0.1, 0.15) is 6.04 Å². The van der Waals surface area contributed by atoms with E-state index in [9.17, 15) is 9.59 Å². The maximum absolute atomic E-state index is 11.6. The third-order valence-electron chi connectivity index (χ3n) is 2.29. The van der Waals surface area contributed by atoms with Crippen LogP contribution in [0.1, 0.15) is 26.7 Å². The summed E-state index contributed by atoms with van der Waals surface area (Å²) in [5, 5.41) is 11.5. The molecular formula is C11H22N2O3S. The minimum atomic E-state index is -1.01. The molecule has 0 aromatic heterocycles. The Balaban J connectivity index is 4.25. The van der Waals surface area contributed by atoms with Gasteiger partial charge in [0, 0.05) is 0 Å². The average molecular weight is 262 g/mol. The van der Waals surface area contributed by atoms with Crippen LogP contribution < -0.4 is 11.1 Å². The van der Waals surface area contributed by atoms with Gasteiger partial charge in [-0.3, -0.25) is 4.79 Å². The molecule has 0 aliphatic carbocycles. The van der Waals surface area contributed by atoms with Crippen molar-refractivity contribution < 1.29 is 14.7 Å². The van der Waals surface area contributed by atoms with E-state index in [0.29, 0.717) is 12.8 Å². The first-order chi connectivity index (χ1) is 7.88. The van der Waals surface area contributed by atoms with Crippen molar-refractivity contribution in [2.24, 2.45) is 11.7 Å². The van der Waals surface area contributed by atoms with E-state index >= 15 is 0 Å². The predicted molar refractivity (Wildman–Crippen MR) is 70.0 cm³/mol. The van der Waals surface area contributed by atoms with Crippen LogP contribution in [0.3, 0.4) is 0 Å². The Morgan fingerprint density at radius 2 is 2.00 bits per heavy atom. The van der Waals surface area contributed by atoms with E-state index in [1.54, 1.807) is 11.8 Å². The van der Waals surface area contributed by atoms with Crippen LogP contribution in [-0.2, 0) is 9.59 Å². The number of thioether (sulfide) groups is 1. The largest absolute Gasteiger partial charge is 0.480 e. The number of hydrogen-bond donors (Lipinski definition) is 3. The van der Waals surface area contributed by atoms with Gasteiger partial charge in [0.25, 0.3) is 0 Å². The first-order valence-electron chi connectivity index (χ1n) is 5.66. The van der Waals surface area contributed by atoms with Crippen molar-refractivity contribution in [2.75, 3.05) is 12.0 Å². The van der Waals surface area contributed by atoms with Crippen LogP contribution in [0.15, 0.2) is 0 Å². The number of carboxylic acids is 1. The fourth-order valence-corrected chi connectivity index (χ4v) is 1.84. The third kappa shape index (κ3) is 7.23. The molecular weight excluding hydrogens is 240 g/mol. The zero-order valence-corrected chi connectivity index (χ0v) is 11.4. The van der Waals surface area contributed by atoms with E-state index in [-0.39, 0.29) is 11.8 Å². The number of nitrogens with two attached hydrogens (primary N) is 1. The zero-order chi connectivity index (χ0) is 13.4. The normalized spacial score (nSPS) is 14.4. The van der Waals surface area contributed by atoms with E-state index in [4.69, 9.17) is 10.8 Å². The van der Waals surface area contributed by atoms with Crippen molar-refractivity contribution >= 4 is 23.6 Å². The lowest BCUT2D eigenvalue weighted by Crippen LogP contribution is -2.49. The number of amides is 1. The molecule has 0 spiro atoms. The van der Waals surface area contributed by atoms with E-state index in [1.165, 1.54) is 0 Å². The molecule has 1 amide bonds. The van der Waals surface area contributed by atoms with Crippen LogP contribution in [0, 0.1) is 5.92 Å². The lowest BCUT2D eigenvalue weighted by atomic mass is 10.0. The Kier molecular flexibility index (Phi) is 7.99. The number of aliphatic carboxylic acids is 1. The molecule has 0 saturated carbocycles. The van der Waals surface area contributed by atoms with E-state index < -0.39 is 18.1 Å². The Hall–Kier alpha value is -0.750. The smallest absolute Gasteiger partial charge is 0.326 e. The summed E-state index contributed by atoms with van der Waals surface area (Å²) in [7, 11) is 0. The lowest BCUT2D eigenvalue weighted by Gasteiger charge is -2.19. The summed E-state index contributed by atoms with van der Waals surface area (Å²) in [4.78, 5) is 22.6. The fourth-order valence-electron chi connectivity index (χ4n) is 1.35. The van der Waals surface area contributed by atoms with E-state index in [1.807, 2.05) is 20.1 Å². The second-order valence-corrected chi connectivity index (χ2v) is 5.40. The van der Waals surface area contributed by atoms with Gasteiger partial charge in [-0.25, -0.2) is 4.79 Å². The summed E-state index contributed by atoms with van der Waals surface area (Å²) in [5.41, 5.74) is 5.66. The maximum Gasteiger partial charge on any atom is 0.326 e. The Labute approximate surface area is 107 Å². The number of carbonyl (C=O) groups excluding carboxylic acids is 1. The molecule has 100 valence electrons. The van der Waals surface area contributed by atoms with Crippen LogP contribution >= 0.6 is 11.8 Å². The highest BCUT2D eigenvalue weighted by Gasteiger charge is 2.23. The highest BCUT2D eigenvalue weighted by Crippen LogP contribution is 2.06. The van der Waals surface area contributed by atoms with Crippen molar-refractivity contribution in [1.82, 2.24) is 5.32 Å². The molecule has 0 heterocycles. The van der Waals surface area contributed by atoms with Gasteiger partial charge in [-0.05, 0) is 30.8 Å². The second kappa shape index (κ2) is 8.36. The summed E-state index contributed by atoms with van der Waals surface area (Å²) in [6.45, 7) is 3.82. The molecule has 5 nitrogen and oxygen atoms in total. The molecule has 0 bridgehead atoms. The minimum absolute atomic E-state index is 0.207. The zero-order valence-electron chi connectivity index (χ0n) is 10.6. The third-order valence-corrected chi connectivity index (χ3v) is 2.94. The molecule has 0 aliphatic heterocycles. The number of carboxylic acid groups (broad SMARTS) is 1. The SMILES string of the molecule is CSCC[C@@H](N)C(=O)N[C@H](CC(C)C)C(=O)O. The van der Waals surface area contributed by atoms with Crippen molar-refractivity contribution in [3.05, 3.63) is 0 Å². The lowest BCUT2D eigenvalue weighted by molar-refractivity contribution is -0.142. The van der Waals surface area contributed by atoms with Gasteiger partial charge >= 0.3 is 5.97 Å². The first kappa shape index (κ1) is 16.2. The highest BCUT2D eigenvalue weighted by atomic mass is 32.2. The molecule has 4 N–H and O–H groups in total. The molecule has 0 rings (SSSR count). The molecule has 2 atom stereocenters. The number of hydrogen-bond acceptors (Lipinski definition) is 4. The Bertz CT molecular complexity index is 259. The molecule has 0 aromatic carbocycles. The number of nitrogens with one attached hydrogen (secondary N) is 1. The number of rotatable bonds is 8. The average Bonchev–Trinajstić information content (AvgIpc) is 2.23. The van der Waals surface area contributed by atoms with Crippen LogP contribution in [0.2, 0.25) is 0 Å². The van der Waals surface area contributed by atoms with Gasteiger partial charge in [0.05, 0.1) is 6.04 Å². The van der Waals surface area contributed by atoms with Gasteiger partial charge in [-0.15, -0.1) is 0 Å². The van der Waals surface area contributed by atoms with Gasteiger partial charge < -0.3 is 16.2 Å². The van der Waals surface area contributed by atoms with Crippen LogP contribution in [0.4, 0.5) is 0 Å². The summed E-state index contributed by atoms with van der Waals surface area (Å²) in [6.07, 6.45) is 2.90. The molecule has 0 fully saturated rings. The quantitative estimate of drug-likeness (QED) is 0.598. The second-order valence-electron chi connectivity index (χ2n) is 4.42. The van der Waals surface area contributed by atoms with Crippen molar-refractivity contribution in [2.45, 2.75) is 38.8 Å². The fraction of sp³-hybridized carbons (Fsp3) is 0.818. The molecule has 17 heavy (non-hydrogen) atoms. The Morgan fingerprint density at radius 3 is 2.41 bits per heavy atom. The molecule has 0 radical (unpaired) electrons.